The van der Waals surface area contributed by atoms with Crippen LogP contribution in [0.25, 0.3) is 21.7 Å². The van der Waals surface area contributed by atoms with Gasteiger partial charge in [-0.15, -0.1) is 24.5 Å². The molecule has 2 atom stereocenters. The molecule has 1 aromatic carbocycles. The van der Waals surface area contributed by atoms with Crippen LogP contribution in [0, 0.1) is 0 Å². The highest BCUT2D eigenvalue weighted by Crippen LogP contribution is 2.44. The molecule has 2 unspecified atom stereocenters. The van der Waals surface area contributed by atoms with E-state index in [4.69, 9.17) is 20.8 Å². The minimum atomic E-state index is -4.96. The number of halogens is 4. The lowest BCUT2D eigenvalue weighted by Crippen LogP contribution is -2.56. The summed E-state index contributed by atoms with van der Waals surface area (Å²) < 4.78 is 55.2. The standard InChI is InChI=1S/C22H22ClF3N4O4S/c1-21(2,3)34-20(31)30-11-4-5-12(30)10-29(9-11)19-28-15-16(32-19)13(18-27-6-7-35-18)8-14(23)17(15)33-22(24,25)26/h6-8,11-12H,4-5,9-10H2,1-3H3. The molecule has 5 rings (SSSR count). The van der Waals surface area contributed by atoms with Crippen molar-refractivity contribution in [1.29, 1.82) is 0 Å². The second-order valence-electron chi connectivity index (χ2n) is 9.47. The van der Waals surface area contributed by atoms with Crippen LogP contribution >= 0.6 is 22.9 Å². The molecule has 2 aliphatic rings. The zero-order chi connectivity index (χ0) is 25.1. The Balaban J connectivity index is 1.51. The van der Waals surface area contributed by atoms with Crippen LogP contribution in [0.1, 0.15) is 33.6 Å². The smallest absolute Gasteiger partial charge is 0.444 e. The Hall–Kier alpha value is -2.73. The van der Waals surface area contributed by atoms with E-state index in [2.05, 4.69) is 14.7 Å². The topological polar surface area (TPSA) is 80.9 Å². The summed E-state index contributed by atoms with van der Waals surface area (Å²) >= 11 is 7.48. The molecule has 1 amide bonds. The number of hydrogen-bond acceptors (Lipinski definition) is 8. The van der Waals surface area contributed by atoms with E-state index in [0.717, 1.165) is 12.8 Å². The first-order chi connectivity index (χ1) is 16.4. The van der Waals surface area contributed by atoms with Gasteiger partial charge >= 0.3 is 12.5 Å². The second kappa shape index (κ2) is 8.44. The van der Waals surface area contributed by atoms with Crippen LogP contribution in [0.5, 0.6) is 5.75 Å². The van der Waals surface area contributed by atoms with E-state index < -0.39 is 17.7 Å². The van der Waals surface area contributed by atoms with Crippen molar-refractivity contribution < 1.29 is 31.9 Å². The first kappa shape index (κ1) is 24.0. The highest BCUT2D eigenvalue weighted by Gasteiger charge is 2.45. The molecule has 0 saturated carbocycles. The molecule has 8 nitrogen and oxygen atoms in total. The van der Waals surface area contributed by atoms with Gasteiger partial charge < -0.3 is 18.8 Å². The number of piperazine rings is 1. The lowest BCUT2D eigenvalue weighted by atomic mass is 10.2. The molecule has 0 N–H and O–H groups in total. The van der Waals surface area contributed by atoms with Gasteiger partial charge in [-0.3, -0.25) is 4.90 Å². The average molecular weight is 531 g/mol. The highest BCUT2D eigenvalue weighted by atomic mass is 35.5. The minimum absolute atomic E-state index is 0.0977. The fraction of sp³-hybridized carbons (Fsp3) is 0.500. The Morgan fingerprint density at radius 2 is 1.91 bits per heavy atom. The number of carbonyl (C=O) groups excluding carboxylic acids is 1. The summed E-state index contributed by atoms with van der Waals surface area (Å²) in [5, 5.41) is 2.00. The molecule has 2 bridgehead atoms. The van der Waals surface area contributed by atoms with E-state index in [1.54, 1.807) is 16.5 Å². The molecule has 2 aromatic heterocycles. The number of anilines is 1. The molecule has 13 heteroatoms. The van der Waals surface area contributed by atoms with Gasteiger partial charge in [0.1, 0.15) is 10.6 Å². The number of fused-ring (bicyclic) bond motifs is 3. The SMILES string of the molecule is CC(C)(C)OC(=O)N1C2CCC1CN(c1nc3c(OC(F)(F)F)c(Cl)cc(-c4nccs4)c3o1)C2. The highest BCUT2D eigenvalue weighted by molar-refractivity contribution is 7.13. The zero-order valence-corrected chi connectivity index (χ0v) is 20.6. The maximum Gasteiger partial charge on any atom is 0.573 e. The number of alkyl halides is 3. The lowest BCUT2D eigenvalue weighted by molar-refractivity contribution is -0.274. The molecule has 2 saturated heterocycles. The summed E-state index contributed by atoms with van der Waals surface area (Å²) in [7, 11) is 0. The number of oxazole rings is 1. The zero-order valence-electron chi connectivity index (χ0n) is 19.1. The number of nitrogens with zero attached hydrogens (tertiary/aromatic N) is 4. The van der Waals surface area contributed by atoms with Crippen molar-refractivity contribution in [1.82, 2.24) is 14.9 Å². The molecule has 2 fully saturated rings. The largest absolute Gasteiger partial charge is 0.573 e. The number of amides is 1. The van der Waals surface area contributed by atoms with Gasteiger partial charge in [-0.2, -0.15) is 4.98 Å². The van der Waals surface area contributed by atoms with Crippen molar-refractivity contribution in [3.05, 3.63) is 22.7 Å². The van der Waals surface area contributed by atoms with Crippen LogP contribution < -0.4 is 9.64 Å². The molecule has 4 heterocycles. The van der Waals surface area contributed by atoms with Gasteiger partial charge in [0.25, 0.3) is 6.01 Å². The fourth-order valence-electron chi connectivity index (χ4n) is 4.55. The van der Waals surface area contributed by atoms with Crippen LogP contribution in [0.2, 0.25) is 5.02 Å². The van der Waals surface area contributed by atoms with Gasteiger partial charge in [-0.25, -0.2) is 9.78 Å². The Morgan fingerprint density at radius 3 is 2.49 bits per heavy atom. The number of hydrogen-bond donors (Lipinski definition) is 0. The van der Waals surface area contributed by atoms with Crippen LogP contribution in [-0.4, -0.2) is 58.1 Å². The predicted molar refractivity (Wildman–Crippen MR) is 124 cm³/mol. The van der Waals surface area contributed by atoms with Gasteiger partial charge in [0.05, 0.1) is 22.7 Å². The number of carbonyl (C=O) groups is 1. The Kier molecular flexibility index (Phi) is 5.78. The van der Waals surface area contributed by atoms with E-state index in [1.807, 2.05) is 25.7 Å². The molecule has 3 aromatic rings. The predicted octanol–water partition coefficient (Wildman–Crippen LogP) is 6.09. The maximum atomic E-state index is 13.1. The molecular weight excluding hydrogens is 509 g/mol. The fourth-order valence-corrected chi connectivity index (χ4v) is 5.44. The molecule has 35 heavy (non-hydrogen) atoms. The van der Waals surface area contributed by atoms with Crippen molar-refractivity contribution >= 4 is 46.1 Å². The van der Waals surface area contributed by atoms with Gasteiger partial charge in [-0.1, -0.05) is 11.6 Å². The van der Waals surface area contributed by atoms with E-state index >= 15 is 0 Å². The van der Waals surface area contributed by atoms with Crippen molar-refractivity contribution in [3.8, 4) is 16.3 Å². The van der Waals surface area contributed by atoms with Crippen molar-refractivity contribution in [2.24, 2.45) is 0 Å². The monoisotopic (exact) mass is 530 g/mol. The quantitative estimate of drug-likeness (QED) is 0.405. The molecule has 0 spiro atoms. The first-order valence-electron chi connectivity index (χ1n) is 10.9. The second-order valence-corrected chi connectivity index (χ2v) is 10.8. The Bertz CT molecular complexity index is 1240. The molecule has 2 aliphatic heterocycles. The van der Waals surface area contributed by atoms with Gasteiger partial charge in [0.2, 0.25) is 0 Å². The van der Waals surface area contributed by atoms with Gasteiger partial charge in [-0.05, 0) is 39.7 Å². The van der Waals surface area contributed by atoms with Crippen LogP contribution in [0.4, 0.5) is 24.0 Å². The van der Waals surface area contributed by atoms with Gasteiger partial charge in [0, 0.05) is 24.7 Å². The van der Waals surface area contributed by atoms with Crippen LogP contribution in [0.15, 0.2) is 22.1 Å². The summed E-state index contributed by atoms with van der Waals surface area (Å²) in [6.45, 7) is 6.24. The Labute approximate surface area is 207 Å². The van der Waals surface area contributed by atoms with E-state index in [1.165, 1.54) is 17.4 Å². The van der Waals surface area contributed by atoms with Crippen LogP contribution in [-0.2, 0) is 4.74 Å². The van der Waals surface area contributed by atoms with Crippen molar-refractivity contribution in [2.75, 3.05) is 18.0 Å². The van der Waals surface area contributed by atoms with Crippen molar-refractivity contribution in [3.63, 3.8) is 0 Å². The maximum absolute atomic E-state index is 13.1. The number of rotatable bonds is 3. The number of thiazole rings is 1. The summed E-state index contributed by atoms with van der Waals surface area (Å²) in [5.74, 6) is -0.625. The van der Waals surface area contributed by atoms with E-state index in [-0.39, 0.29) is 40.3 Å². The van der Waals surface area contributed by atoms with Gasteiger partial charge in [0.15, 0.2) is 16.8 Å². The Morgan fingerprint density at radius 1 is 1.23 bits per heavy atom. The third kappa shape index (κ3) is 4.73. The average Bonchev–Trinajstić information content (AvgIpc) is 3.46. The third-order valence-corrected chi connectivity index (χ3v) is 6.89. The molecule has 188 valence electrons. The van der Waals surface area contributed by atoms with Crippen molar-refractivity contribution in [2.45, 2.75) is 57.7 Å². The minimum Gasteiger partial charge on any atom is -0.444 e. The molecule has 0 aliphatic carbocycles. The number of ether oxygens (including phenoxy) is 2. The van der Waals surface area contributed by atoms with Crippen LogP contribution in [0.3, 0.4) is 0 Å². The van der Waals surface area contributed by atoms with E-state index in [9.17, 15) is 18.0 Å². The summed E-state index contributed by atoms with van der Waals surface area (Å²) in [6, 6.07) is 1.20. The number of benzene rings is 1. The first-order valence-corrected chi connectivity index (χ1v) is 12.2. The number of aromatic nitrogens is 2. The third-order valence-electron chi connectivity index (χ3n) is 5.80. The summed E-state index contributed by atoms with van der Waals surface area (Å²) in [4.78, 5) is 24.9. The summed E-state index contributed by atoms with van der Waals surface area (Å²) in [5.41, 5.74) is -0.241. The normalized spacial score (nSPS) is 20.5. The molecule has 0 radical (unpaired) electrons. The lowest BCUT2D eigenvalue weighted by Gasteiger charge is -2.40. The summed E-state index contributed by atoms with van der Waals surface area (Å²) in [6.07, 6.45) is -2.21. The molecular formula is C22H22ClF3N4O4S. The van der Waals surface area contributed by atoms with E-state index in [0.29, 0.717) is 23.7 Å².